The number of unbranched alkanes of at least 4 members (excludes halogenated alkanes) is 22. The standard InChI is InChI=1S/C53H95NO5/c1-4-7-10-13-16-19-22-25-26-27-28-31-34-37-40-43-46-53(58)59-49(44-41-38-35-32-29-23-20-17-14-11-8-5-2)47-52(57)54-50(48-55)51(56)45-42-39-36-33-30-24-21-18-15-12-9-6-3/h7,10,16,19,25-26,28,31,37,40,49-51,55-56H,4-6,8-9,11-15,17-18,20-24,27,29-30,32-36,38-39,41-48H2,1-3H3,(H,54,57)/b10-7+,19-16+,26-25+,31-28+,40-37+. The van der Waals surface area contributed by atoms with Crippen LogP contribution in [0.25, 0.3) is 0 Å². The highest BCUT2D eigenvalue weighted by molar-refractivity contribution is 5.77. The van der Waals surface area contributed by atoms with E-state index in [4.69, 9.17) is 4.74 Å². The van der Waals surface area contributed by atoms with Crippen LogP contribution < -0.4 is 5.32 Å². The van der Waals surface area contributed by atoms with Crippen LogP contribution in [-0.2, 0) is 14.3 Å². The first-order valence-electron chi connectivity index (χ1n) is 25.0. The number of nitrogens with one attached hydrogen (secondary N) is 1. The van der Waals surface area contributed by atoms with Gasteiger partial charge in [0, 0.05) is 6.42 Å². The highest BCUT2D eigenvalue weighted by atomic mass is 16.5. The van der Waals surface area contributed by atoms with Gasteiger partial charge in [-0.25, -0.2) is 0 Å². The summed E-state index contributed by atoms with van der Waals surface area (Å²) in [5.41, 5.74) is 0. The van der Waals surface area contributed by atoms with Crippen molar-refractivity contribution in [1.29, 1.82) is 0 Å². The topological polar surface area (TPSA) is 95.9 Å². The maximum Gasteiger partial charge on any atom is 0.306 e. The fraction of sp³-hybridized carbons (Fsp3) is 0.774. The van der Waals surface area contributed by atoms with Gasteiger partial charge in [0.05, 0.1) is 25.2 Å². The smallest absolute Gasteiger partial charge is 0.306 e. The fourth-order valence-electron chi connectivity index (χ4n) is 7.36. The highest BCUT2D eigenvalue weighted by Gasteiger charge is 2.24. The van der Waals surface area contributed by atoms with Crippen LogP contribution in [0.1, 0.15) is 239 Å². The van der Waals surface area contributed by atoms with Gasteiger partial charge in [-0.2, -0.15) is 0 Å². The fourth-order valence-corrected chi connectivity index (χ4v) is 7.36. The third-order valence-electron chi connectivity index (χ3n) is 11.1. The first-order chi connectivity index (χ1) is 29.0. The lowest BCUT2D eigenvalue weighted by molar-refractivity contribution is -0.150. The summed E-state index contributed by atoms with van der Waals surface area (Å²) in [5.74, 6) is -0.569. The van der Waals surface area contributed by atoms with Crippen molar-refractivity contribution < 1.29 is 24.5 Å². The van der Waals surface area contributed by atoms with Gasteiger partial charge in [-0.15, -0.1) is 0 Å². The van der Waals surface area contributed by atoms with Gasteiger partial charge in [0.25, 0.3) is 0 Å². The molecule has 0 aromatic rings. The summed E-state index contributed by atoms with van der Waals surface area (Å²) < 4.78 is 5.88. The molecule has 0 rings (SSSR count). The molecule has 0 heterocycles. The van der Waals surface area contributed by atoms with Crippen molar-refractivity contribution in [2.75, 3.05) is 6.61 Å². The molecule has 0 fully saturated rings. The molecular weight excluding hydrogens is 731 g/mol. The lowest BCUT2D eigenvalue weighted by Crippen LogP contribution is -2.46. The Morgan fingerprint density at radius 3 is 1.29 bits per heavy atom. The second kappa shape index (κ2) is 46.6. The van der Waals surface area contributed by atoms with Gasteiger partial charge in [-0.1, -0.05) is 229 Å². The van der Waals surface area contributed by atoms with E-state index >= 15 is 0 Å². The predicted octanol–water partition coefficient (Wildman–Crippen LogP) is 14.8. The van der Waals surface area contributed by atoms with Crippen molar-refractivity contribution in [3.05, 3.63) is 60.8 Å². The van der Waals surface area contributed by atoms with Crippen molar-refractivity contribution in [1.82, 2.24) is 5.32 Å². The average molecular weight is 826 g/mol. The molecule has 0 saturated heterocycles. The summed E-state index contributed by atoms with van der Waals surface area (Å²) in [7, 11) is 0. The summed E-state index contributed by atoms with van der Waals surface area (Å²) in [5, 5.41) is 23.7. The zero-order valence-electron chi connectivity index (χ0n) is 38.9. The molecule has 0 saturated carbocycles. The Kier molecular flexibility index (Phi) is 44.7. The van der Waals surface area contributed by atoms with Crippen molar-refractivity contribution in [2.45, 2.75) is 257 Å². The van der Waals surface area contributed by atoms with E-state index in [1.807, 2.05) is 6.08 Å². The SMILES string of the molecule is CC/C=C/C/C=C/C/C=C/C/C=C/C/C=C/CCC(=O)OC(CCCCCCCCCCCCCC)CC(=O)NC(CO)C(O)CCCCCCCCCCCCCC. The van der Waals surface area contributed by atoms with Crippen LogP contribution in [0.2, 0.25) is 0 Å². The molecule has 0 aromatic heterocycles. The van der Waals surface area contributed by atoms with E-state index < -0.39 is 18.2 Å². The molecule has 0 spiro atoms. The van der Waals surface area contributed by atoms with Gasteiger partial charge in [-0.3, -0.25) is 9.59 Å². The molecule has 59 heavy (non-hydrogen) atoms. The van der Waals surface area contributed by atoms with Gasteiger partial charge in [0.1, 0.15) is 6.10 Å². The number of aliphatic hydroxyl groups is 2. The lowest BCUT2D eigenvalue weighted by Gasteiger charge is -2.24. The number of ether oxygens (including phenoxy) is 1. The van der Waals surface area contributed by atoms with E-state index in [9.17, 15) is 19.8 Å². The Hall–Kier alpha value is -2.44. The number of esters is 1. The summed E-state index contributed by atoms with van der Waals surface area (Å²) >= 11 is 0. The van der Waals surface area contributed by atoms with Gasteiger partial charge in [-0.05, 0) is 57.8 Å². The molecular formula is C53H95NO5. The number of carbonyl (C=O) groups is 2. The first kappa shape index (κ1) is 56.6. The third kappa shape index (κ3) is 42.1. The molecule has 0 aliphatic rings. The molecule has 0 radical (unpaired) electrons. The molecule has 1 amide bonds. The predicted molar refractivity (Wildman–Crippen MR) is 255 cm³/mol. The van der Waals surface area contributed by atoms with E-state index in [-0.39, 0.29) is 31.3 Å². The molecule has 6 heteroatoms. The van der Waals surface area contributed by atoms with Crippen LogP contribution in [0.5, 0.6) is 0 Å². The summed E-state index contributed by atoms with van der Waals surface area (Å²) in [6.45, 7) is 6.35. The van der Waals surface area contributed by atoms with Crippen molar-refractivity contribution in [2.24, 2.45) is 0 Å². The summed E-state index contributed by atoms with van der Waals surface area (Å²) in [6, 6.07) is -0.714. The van der Waals surface area contributed by atoms with E-state index in [0.717, 1.165) is 70.6 Å². The van der Waals surface area contributed by atoms with E-state index in [1.54, 1.807) is 0 Å². The van der Waals surface area contributed by atoms with Crippen LogP contribution >= 0.6 is 0 Å². The van der Waals surface area contributed by atoms with Crippen LogP contribution in [0.15, 0.2) is 60.8 Å². The number of amides is 1. The van der Waals surface area contributed by atoms with Crippen LogP contribution in [0.4, 0.5) is 0 Å². The maximum absolute atomic E-state index is 13.2. The maximum atomic E-state index is 13.2. The van der Waals surface area contributed by atoms with Crippen LogP contribution in [0.3, 0.4) is 0 Å². The molecule has 0 aromatic carbocycles. The molecule has 3 atom stereocenters. The van der Waals surface area contributed by atoms with Gasteiger partial charge in [0.2, 0.25) is 5.91 Å². The number of aliphatic hydroxyl groups excluding tert-OH is 2. The second-order valence-electron chi connectivity index (χ2n) is 16.8. The van der Waals surface area contributed by atoms with Crippen molar-refractivity contribution >= 4 is 11.9 Å². The normalized spacial score (nSPS) is 13.8. The number of rotatable bonds is 44. The monoisotopic (exact) mass is 826 g/mol. The zero-order chi connectivity index (χ0) is 43.1. The number of allylic oxidation sites excluding steroid dienone is 10. The van der Waals surface area contributed by atoms with Crippen LogP contribution in [0, 0.1) is 0 Å². The molecule has 6 nitrogen and oxygen atoms in total. The van der Waals surface area contributed by atoms with E-state index in [1.165, 1.54) is 116 Å². The molecule has 3 unspecified atom stereocenters. The molecule has 0 bridgehead atoms. The zero-order valence-corrected chi connectivity index (χ0v) is 38.9. The number of carbonyl (C=O) groups excluding carboxylic acids is 2. The summed E-state index contributed by atoms with van der Waals surface area (Å²) in [4.78, 5) is 26.1. The van der Waals surface area contributed by atoms with Gasteiger partial charge < -0.3 is 20.3 Å². The minimum atomic E-state index is -0.798. The Labute approximate surface area is 365 Å². The van der Waals surface area contributed by atoms with E-state index in [0.29, 0.717) is 19.3 Å². The first-order valence-corrected chi connectivity index (χ1v) is 25.0. The molecule has 0 aliphatic heterocycles. The Balaban J connectivity index is 4.67. The minimum absolute atomic E-state index is 0.0489. The Morgan fingerprint density at radius 1 is 0.508 bits per heavy atom. The number of hydrogen-bond acceptors (Lipinski definition) is 5. The highest BCUT2D eigenvalue weighted by Crippen LogP contribution is 2.17. The number of hydrogen-bond donors (Lipinski definition) is 3. The van der Waals surface area contributed by atoms with Crippen molar-refractivity contribution in [3.8, 4) is 0 Å². The Morgan fingerprint density at radius 2 is 0.881 bits per heavy atom. The van der Waals surface area contributed by atoms with E-state index in [2.05, 4.69) is 80.8 Å². The third-order valence-corrected chi connectivity index (χ3v) is 11.1. The molecule has 0 aliphatic carbocycles. The quantitative estimate of drug-likeness (QED) is 0.0323. The van der Waals surface area contributed by atoms with Crippen molar-refractivity contribution in [3.63, 3.8) is 0 Å². The van der Waals surface area contributed by atoms with Gasteiger partial charge >= 0.3 is 5.97 Å². The van der Waals surface area contributed by atoms with Gasteiger partial charge in [0.15, 0.2) is 0 Å². The Bertz CT molecular complexity index is 1060. The minimum Gasteiger partial charge on any atom is -0.462 e. The molecule has 3 N–H and O–H groups in total. The summed E-state index contributed by atoms with van der Waals surface area (Å²) in [6.07, 6.45) is 57.1. The van der Waals surface area contributed by atoms with Crippen LogP contribution in [-0.4, -0.2) is 46.9 Å². The largest absolute Gasteiger partial charge is 0.462 e. The lowest BCUT2D eigenvalue weighted by atomic mass is 10.0. The second-order valence-corrected chi connectivity index (χ2v) is 16.8. The average Bonchev–Trinajstić information content (AvgIpc) is 3.23. The molecule has 342 valence electrons.